The predicted molar refractivity (Wildman–Crippen MR) is 70.5 cm³/mol. The van der Waals surface area contributed by atoms with Gasteiger partial charge in [0.15, 0.2) is 5.58 Å². The van der Waals surface area contributed by atoms with Crippen molar-refractivity contribution in [2.24, 2.45) is 5.41 Å². The molecule has 4 heteroatoms. The van der Waals surface area contributed by atoms with Crippen molar-refractivity contribution in [2.45, 2.75) is 39.7 Å². The summed E-state index contributed by atoms with van der Waals surface area (Å²) in [5.74, 6) is -0.466. The van der Waals surface area contributed by atoms with Crippen LogP contribution in [-0.2, 0) is 0 Å². The fourth-order valence-corrected chi connectivity index (χ4v) is 1.91. The van der Waals surface area contributed by atoms with Gasteiger partial charge in [-0.3, -0.25) is 4.98 Å². The Morgan fingerprint density at radius 2 is 2.11 bits per heavy atom. The van der Waals surface area contributed by atoms with Gasteiger partial charge < -0.3 is 9.52 Å². The maximum absolute atomic E-state index is 11.0. The maximum atomic E-state index is 11.0. The smallest absolute Gasteiger partial charge is 0.408 e. The molecule has 0 spiro atoms. The number of aromatic nitrogens is 1. The van der Waals surface area contributed by atoms with Crippen molar-refractivity contribution >= 4 is 11.1 Å². The molecule has 0 saturated carbocycles. The van der Waals surface area contributed by atoms with Crippen LogP contribution in [0.15, 0.2) is 27.4 Å². The molecule has 1 aromatic carbocycles. The van der Waals surface area contributed by atoms with Crippen LogP contribution in [0, 0.1) is 5.41 Å². The summed E-state index contributed by atoms with van der Waals surface area (Å²) in [5.41, 5.74) is 2.14. The Labute approximate surface area is 106 Å². The van der Waals surface area contributed by atoms with Crippen LogP contribution in [0.1, 0.15) is 45.3 Å². The molecule has 0 aliphatic carbocycles. The largest absolute Gasteiger partial charge is 0.417 e. The minimum Gasteiger partial charge on any atom is -0.408 e. The van der Waals surface area contributed by atoms with Crippen molar-refractivity contribution in [1.29, 1.82) is 0 Å². The Morgan fingerprint density at radius 1 is 1.39 bits per heavy atom. The van der Waals surface area contributed by atoms with Gasteiger partial charge in [0, 0.05) is 0 Å². The zero-order valence-corrected chi connectivity index (χ0v) is 11.0. The van der Waals surface area contributed by atoms with E-state index in [2.05, 4.69) is 25.8 Å². The van der Waals surface area contributed by atoms with Gasteiger partial charge in [-0.05, 0) is 36.0 Å². The number of benzene rings is 1. The van der Waals surface area contributed by atoms with Crippen LogP contribution in [0.5, 0.6) is 0 Å². The number of H-pyrrole nitrogens is 1. The highest BCUT2D eigenvalue weighted by Crippen LogP contribution is 2.28. The van der Waals surface area contributed by atoms with Gasteiger partial charge in [0.05, 0.1) is 11.6 Å². The number of aliphatic hydroxyl groups excluding tert-OH is 1. The van der Waals surface area contributed by atoms with Gasteiger partial charge in [0.25, 0.3) is 0 Å². The van der Waals surface area contributed by atoms with E-state index >= 15 is 0 Å². The highest BCUT2D eigenvalue weighted by atomic mass is 16.4. The molecule has 0 aliphatic heterocycles. The molecule has 2 aromatic rings. The summed E-state index contributed by atoms with van der Waals surface area (Å²) in [7, 11) is 0. The molecule has 0 aliphatic rings. The molecule has 0 bridgehead atoms. The number of hydrogen-bond donors (Lipinski definition) is 2. The molecule has 2 N–H and O–H groups in total. The van der Waals surface area contributed by atoms with E-state index in [9.17, 15) is 9.90 Å². The van der Waals surface area contributed by atoms with Crippen molar-refractivity contribution in [2.75, 3.05) is 0 Å². The van der Waals surface area contributed by atoms with Crippen LogP contribution in [0.2, 0.25) is 0 Å². The number of rotatable bonds is 3. The molecule has 4 nitrogen and oxygen atoms in total. The lowest BCUT2D eigenvalue weighted by atomic mass is 9.88. The molecule has 0 amide bonds. The van der Waals surface area contributed by atoms with E-state index in [4.69, 9.17) is 4.42 Å². The minimum absolute atomic E-state index is 0.200. The highest BCUT2D eigenvalue weighted by molar-refractivity contribution is 5.72. The Hall–Kier alpha value is -1.55. The van der Waals surface area contributed by atoms with Crippen LogP contribution in [0.25, 0.3) is 11.1 Å². The lowest BCUT2D eigenvalue weighted by Crippen LogP contribution is -2.08. The van der Waals surface area contributed by atoms with Crippen molar-refractivity contribution < 1.29 is 9.52 Å². The van der Waals surface area contributed by atoms with E-state index in [0.29, 0.717) is 17.5 Å². The summed E-state index contributed by atoms with van der Waals surface area (Å²) in [4.78, 5) is 13.6. The average Bonchev–Trinajstić information content (AvgIpc) is 2.63. The molecule has 18 heavy (non-hydrogen) atoms. The first kappa shape index (κ1) is 12.9. The molecule has 0 fully saturated rings. The zero-order chi connectivity index (χ0) is 13.3. The van der Waals surface area contributed by atoms with Crippen LogP contribution in [0.3, 0.4) is 0 Å². The Balaban J connectivity index is 2.17. The van der Waals surface area contributed by atoms with Crippen LogP contribution < -0.4 is 5.76 Å². The molecule has 1 aromatic heterocycles. The molecule has 1 heterocycles. The summed E-state index contributed by atoms with van der Waals surface area (Å²) in [5, 5.41) is 10.1. The van der Waals surface area contributed by atoms with E-state index in [0.717, 1.165) is 12.0 Å². The number of oxazole rings is 1. The highest BCUT2D eigenvalue weighted by Gasteiger charge is 2.15. The number of hydrogen-bond acceptors (Lipinski definition) is 3. The number of aromatic amines is 1. The average molecular weight is 249 g/mol. The lowest BCUT2D eigenvalue weighted by molar-refractivity contribution is 0.147. The van der Waals surface area contributed by atoms with Crippen LogP contribution in [0.4, 0.5) is 0 Å². The van der Waals surface area contributed by atoms with Crippen molar-refractivity contribution in [3.8, 4) is 0 Å². The first-order valence-corrected chi connectivity index (χ1v) is 6.16. The van der Waals surface area contributed by atoms with Crippen molar-refractivity contribution in [3.05, 3.63) is 34.3 Å². The van der Waals surface area contributed by atoms with Gasteiger partial charge in [-0.2, -0.15) is 0 Å². The molecule has 0 radical (unpaired) electrons. The zero-order valence-electron chi connectivity index (χ0n) is 11.0. The molecular formula is C14H19NO3. The fraction of sp³-hybridized carbons (Fsp3) is 0.500. The molecule has 98 valence electrons. The van der Waals surface area contributed by atoms with Gasteiger partial charge >= 0.3 is 5.76 Å². The Kier molecular flexibility index (Phi) is 3.30. The van der Waals surface area contributed by atoms with Gasteiger partial charge in [-0.1, -0.05) is 26.8 Å². The van der Waals surface area contributed by atoms with E-state index in [1.54, 1.807) is 12.1 Å². The molecule has 2 rings (SSSR count). The lowest BCUT2D eigenvalue weighted by Gasteiger charge is -2.20. The summed E-state index contributed by atoms with van der Waals surface area (Å²) >= 11 is 0. The summed E-state index contributed by atoms with van der Waals surface area (Å²) in [6, 6.07) is 5.30. The normalized spacial score (nSPS) is 14.0. The number of fused-ring (bicyclic) bond motifs is 1. The Morgan fingerprint density at radius 3 is 2.78 bits per heavy atom. The van der Waals surface area contributed by atoms with Crippen molar-refractivity contribution in [3.63, 3.8) is 0 Å². The van der Waals surface area contributed by atoms with Crippen molar-refractivity contribution in [1.82, 2.24) is 4.98 Å². The molecule has 1 unspecified atom stereocenters. The van der Waals surface area contributed by atoms with Gasteiger partial charge in [0.1, 0.15) is 0 Å². The van der Waals surface area contributed by atoms with E-state index in [-0.39, 0.29) is 5.41 Å². The van der Waals surface area contributed by atoms with E-state index in [1.807, 2.05) is 6.07 Å². The third kappa shape index (κ3) is 3.01. The topological polar surface area (TPSA) is 66.2 Å². The predicted octanol–water partition coefficient (Wildman–Crippen LogP) is 2.98. The first-order valence-electron chi connectivity index (χ1n) is 6.16. The van der Waals surface area contributed by atoms with Crippen LogP contribution in [-0.4, -0.2) is 10.1 Å². The van der Waals surface area contributed by atoms with Gasteiger partial charge in [-0.25, -0.2) is 4.79 Å². The minimum atomic E-state index is -0.520. The molecule has 0 saturated heterocycles. The fourth-order valence-electron chi connectivity index (χ4n) is 1.91. The third-order valence-electron chi connectivity index (χ3n) is 3.00. The molecule has 1 atom stereocenters. The summed E-state index contributed by atoms with van der Waals surface area (Å²) < 4.78 is 4.98. The monoisotopic (exact) mass is 249 g/mol. The molecular weight excluding hydrogens is 230 g/mol. The second-order valence-corrected chi connectivity index (χ2v) is 5.89. The van der Waals surface area contributed by atoms with Gasteiger partial charge in [-0.15, -0.1) is 0 Å². The Bertz CT molecular complexity index is 589. The SMILES string of the molecule is CC(C)(C)CCC(O)c1ccc2[nH]c(=O)oc2c1. The maximum Gasteiger partial charge on any atom is 0.417 e. The van der Waals surface area contributed by atoms with E-state index in [1.165, 1.54) is 0 Å². The van der Waals surface area contributed by atoms with Gasteiger partial charge in [0.2, 0.25) is 0 Å². The second-order valence-electron chi connectivity index (χ2n) is 5.89. The first-order chi connectivity index (χ1) is 8.35. The number of aliphatic hydroxyl groups is 1. The number of nitrogens with one attached hydrogen (secondary N) is 1. The van der Waals surface area contributed by atoms with Crippen LogP contribution >= 0.6 is 0 Å². The van der Waals surface area contributed by atoms with E-state index < -0.39 is 11.9 Å². The quantitative estimate of drug-likeness (QED) is 0.878. The summed E-state index contributed by atoms with van der Waals surface area (Å²) in [6.07, 6.45) is 1.11. The second kappa shape index (κ2) is 4.61. The third-order valence-corrected chi connectivity index (χ3v) is 3.00. The standard InChI is InChI=1S/C14H19NO3/c1-14(2,3)7-6-11(16)9-4-5-10-12(8-9)18-13(17)15-10/h4-5,8,11,16H,6-7H2,1-3H3,(H,15,17). The summed E-state index contributed by atoms with van der Waals surface area (Å²) in [6.45, 7) is 6.44.